The molecule has 0 aromatic carbocycles. The van der Waals surface area contributed by atoms with Crippen molar-refractivity contribution in [1.82, 2.24) is 4.98 Å². The summed E-state index contributed by atoms with van der Waals surface area (Å²) >= 11 is 0. The Kier molecular flexibility index (Phi) is 6.13. The predicted molar refractivity (Wildman–Crippen MR) is 126 cm³/mol. The van der Waals surface area contributed by atoms with Crippen molar-refractivity contribution >= 4 is 0 Å². The lowest BCUT2D eigenvalue weighted by Gasteiger charge is -2.63. The van der Waals surface area contributed by atoms with Crippen molar-refractivity contribution in [2.24, 2.45) is 28.6 Å². The van der Waals surface area contributed by atoms with Gasteiger partial charge in [0.1, 0.15) is 5.75 Å². The molecule has 3 aliphatic carbocycles. The number of aryl methyl sites for hydroxylation is 1. The van der Waals surface area contributed by atoms with Crippen LogP contribution in [0.3, 0.4) is 0 Å². The van der Waals surface area contributed by atoms with Crippen molar-refractivity contribution in [3.8, 4) is 5.75 Å². The molecule has 1 aromatic rings. The highest BCUT2D eigenvalue weighted by molar-refractivity contribution is 5.22. The topological polar surface area (TPSA) is 40.6 Å². The summed E-state index contributed by atoms with van der Waals surface area (Å²) in [4.78, 5) is 4.27. The maximum atomic E-state index is 6.71. The Morgan fingerprint density at radius 3 is 2.75 bits per heavy atom. The minimum Gasteiger partial charge on any atom is -0.493 e. The molecule has 0 radical (unpaired) electrons. The molecule has 32 heavy (non-hydrogen) atoms. The average molecular weight is 440 g/mol. The maximum Gasteiger partial charge on any atom is 0.160 e. The van der Waals surface area contributed by atoms with E-state index in [1.807, 2.05) is 25.3 Å². The zero-order valence-corrected chi connectivity index (χ0v) is 20.3. The minimum absolute atomic E-state index is 0.0338. The van der Waals surface area contributed by atoms with Gasteiger partial charge in [0.05, 0.1) is 19.3 Å². The maximum absolute atomic E-state index is 6.71. The second-order valence-corrected chi connectivity index (χ2v) is 11.5. The zero-order chi connectivity index (χ0) is 22.3. The van der Waals surface area contributed by atoms with Crippen LogP contribution >= 0.6 is 0 Å². The summed E-state index contributed by atoms with van der Waals surface area (Å²) in [5.41, 5.74) is 2.76. The fourth-order valence-electron chi connectivity index (χ4n) is 7.77. The second-order valence-electron chi connectivity index (χ2n) is 11.5. The van der Waals surface area contributed by atoms with Crippen LogP contribution < -0.4 is 4.74 Å². The number of allylic oxidation sites excluding steroid dienone is 1. The Morgan fingerprint density at radius 1 is 1.16 bits per heavy atom. The predicted octanol–water partition coefficient (Wildman–Crippen LogP) is 6.48. The Labute approximate surface area is 194 Å². The lowest BCUT2D eigenvalue weighted by atomic mass is 9.46. The Balaban J connectivity index is 1.28. The van der Waals surface area contributed by atoms with Gasteiger partial charge in [0.2, 0.25) is 0 Å². The van der Waals surface area contributed by atoms with Crippen LogP contribution in [0, 0.1) is 35.5 Å². The summed E-state index contributed by atoms with van der Waals surface area (Å²) in [6.45, 7) is 13.1. The van der Waals surface area contributed by atoms with Gasteiger partial charge in [-0.25, -0.2) is 0 Å². The standard InChI is InChI=1S/C28H41NO3/c1-19-9-10-24-27(3,23(19)13-16-30-22-12-15-29-20(2)17-22)14-11-25-28(24,4)18-31-26(32-25)21-7-5-6-8-21/h12,15,17,21,23-26H,1,5-11,13-14,16,18H2,2-4H3/t23-,24?,25-,26-,27+,28+/m1/s1. The van der Waals surface area contributed by atoms with Gasteiger partial charge in [0.25, 0.3) is 0 Å². The molecule has 0 amide bonds. The SMILES string of the molecule is C=C1CCC2[C@]3(C)CO[C@@H](C4CCCC4)O[C@@H]3CC[C@@]2(C)[C@@H]1CCOc1ccnc(C)c1. The minimum atomic E-state index is 0.0338. The number of ether oxygens (including phenoxy) is 3. The van der Waals surface area contributed by atoms with E-state index in [1.54, 1.807) is 0 Å². The van der Waals surface area contributed by atoms with Gasteiger partial charge in [-0.1, -0.05) is 38.8 Å². The molecule has 6 atom stereocenters. The fourth-order valence-corrected chi connectivity index (χ4v) is 7.77. The molecule has 4 fully saturated rings. The van der Waals surface area contributed by atoms with Crippen molar-refractivity contribution in [3.63, 3.8) is 0 Å². The van der Waals surface area contributed by atoms with E-state index >= 15 is 0 Å². The van der Waals surface area contributed by atoms with Gasteiger partial charge in [0, 0.05) is 29.3 Å². The lowest BCUT2D eigenvalue weighted by molar-refractivity contribution is -0.316. The number of pyridine rings is 1. The van der Waals surface area contributed by atoms with E-state index in [1.165, 1.54) is 44.1 Å². The van der Waals surface area contributed by atoms with Gasteiger partial charge >= 0.3 is 0 Å². The third-order valence-corrected chi connectivity index (χ3v) is 9.50. The van der Waals surface area contributed by atoms with Crippen LogP contribution in [0.15, 0.2) is 30.5 Å². The Hall–Kier alpha value is -1.39. The summed E-state index contributed by atoms with van der Waals surface area (Å²) in [6, 6.07) is 3.97. The first-order valence-corrected chi connectivity index (χ1v) is 12.9. The van der Waals surface area contributed by atoms with Gasteiger partial charge in [-0.2, -0.15) is 0 Å². The van der Waals surface area contributed by atoms with E-state index in [2.05, 4.69) is 25.4 Å². The van der Waals surface area contributed by atoms with Gasteiger partial charge in [-0.05, 0) is 75.2 Å². The van der Waals surface area contributed by atoms with Crippen molar-refractivity contribution in [3.05, 3.63) is 36.2 Å². The summed E-state index contributed by atoms with van der Waals surface area (Å²) < 4.78 is 19.3. The molecule has 0 spiro atoms. The highest BCUT2D eigenvalue weighted by atomic mass is 16.7. The van der Waals surface area contributed by atoms with Gasteiger partial charge in [-0.3, -0.25) is 4.98 Å². The van der Waals surface area contributed by atoms with Crippen LogP contribution in [0.25, 0.3) is 0 Å². The molecule has 0 bridgehead atoms. The molecule has 1 aromatic heterocycles. The van der Waals surface area contributed by atoms with Crippen molar-refractivity contribution in [1.29, 1.82) is 0 Å². The lowest BCUT2D eigenvalue weighted by Crippen LogP contribution is -2.62. The summed E-state index contributed by atoms with van der Waals surface area (Å²) in [6.07, 6.45) is 13.1. The molecular weight excluding hydrogens is 398 g/mol. The van der Waals surface area contributed by atoms with E-state index in [-0.39, 0.29) is 17.1 Å². The summed E-state index contributed by atoms with van der Waals surface area (Å²) in [5, 5.41) is 0. The summed E-state index contributed by atoms with van der Waals surface area (Å²) in [7, 11) is 0. The monoisotopic (exact) mass is 439 g/mol. The van der Waals surface area contributed by atoms with Crippen LogP contribution in [0.5, 0.6) is 5.75 Å². The van der Waals surface area contributed by atoms with E-state index < -0.39 is 0 Å². The number of nitrogens with zero attached hydrogens (tertiary/aromatic N) is 1. The summed E-state index contributed by atoms with van der Waals surface area (Å²) in [5.74, 6) is 2.63. The first kappa shape index (κ1) is 22.4. The van der Waals surface area contributed by atoms with Gasteiger partial charge < -0.3 is 14.2 Å². The normalized spacial score (nSPS) is 40.0. The molecule has 5 rings (SSSR count). The molecule has 4 heteroatoms. The smallest absolute Gasteiger partial charge is 0.160 e. The molecular formula is C28H41NO3. The number of hydrogen-bond acceptors (Lipinski definition) is 4. The van der Waals surface area contributed by atoms with Crippen molar-refractivity contribution in [2.75, 3.05) is 13.2 Å². The molecule has 2 heterocycles. The van der Waals surface area contributed by atoms with Crippen LogP contribution in [0.4, 0.5) is 0 Å². The number of hydrogen-bond donors (Lipinski definition) is 0. The fraction of sp³-hybridized carbons (Fsp3) is 0.750. The third kappa shape index (κ3) is 3.92. The number of aromatic nitrogens is 1. The van der Waals surface area contributed by atoms with Crippen molar-refractivity contribution in [2.45, 2.75) is 91.0 Å². The van der Waals surface area contributed by atoms with Gasteiger partial charge in [0.15, 0.2) is 6.29 Å². The molecule has 1 saturated heterocycles. The van der Waals surface area contributed by atoms with E-state index in [9.17, 15) is 0 Å². The van der Waals surface area contributed by atoms with Crippen molar-refractivity contribution < 1.29 is 14.2 Å². The molecule has 3 saturated carbocycles. The largest absolute Gasteiger partial charge is 0.493 e. The molecule has 4 aliphatic rings. The number of rotatable bonds is 5. The highest BCUT2D eigenvalue weighted by Crippen LogP contribution is 2.63. The molecule has 1 aliphatic heterocycles. The number of fused-ring (bicyclic) bond motifs is 3. The van der Waals surface area contributed by atoms with E-state index in [0.29, 0.717) is 23.9 Å². The van der Waals surface area contributed by atoms with Crippen LogP contribution in [0.2, 0.25) is 0 Å². The van der Waals surface area contributed by atoms with E-state index in [4.69, 9.17) is 14.2 Å². The quantitative estimate of drug-likeness (QED) is 0.492. The molecule has 176 valence electrons. The van der Waals surface area contributed by atoms with E-state index in [0.717, 1.165) is 43.9 Å². The zero-order valence-electron chi connectivity index (χ0n) is 20.3. The Bertz CT molecular complexity index is 834. The van der Waals surface area contributed by atoms with Crippen LogP contribution in [-0.4, -0.2) is 30.6 Å². The third-order valence-electron chi connectivity index (χ3n) is 9.50. The average Bonchev–Trinajstić information content (AvgIpc) is 3.30. The second kappa shape index (κ2) is 8.76. The first-order valence-electron chi connectivity index (χ1n) is 12.9. The molecule has 1 unspecified atom stereocenters. The molecule has 4 nitrogen and oxygen atoms in total. The Morgan fingerprint density at radius 2 is 1.97 bits per heavy atom. The van der Waals surface area contributed by atoms with Crippen LogP contribution in [-0.2, 0) is 9.47 Å². The first-order chi connectivity index (χ1) is 15.4. The van der Waals surface area contributed by atoms with Gasteiger partial charge in [-0.15, -0.1) is 0 Å². The van der Waals surface area contributed by atoms with Crippen LogP contribution in [0.1, 0.15) is 77.3 Å². The highest BCUT2D eigenvalue weighted by Gasteiger charge is 2.60. The molecule has 0 N–H and O–H groups in total.